The van der Waals surface area contributed by atoms with E-state index in [1.807, 2.05) is 0 Å². The van der Waals surface area contributed by atoms with E-state index in [1.165, 1.54) is 12.1 Å². The molecule has 0 aliphatic carbocycles. The Labute approximate surface area is 140 Å². The van der Waals surface area contributed by atoms with Crippen molar-refractivity contribution in [1.29, 1.82) is 0 Å². The lowest BCUT2D eigenvalue weighted by Gasteiger charge is -2.15. The Morgan fingerprint density at radius 3 is 2.80 bits per heavy atom. The van der Waals surface area contributed by atoms with Crippen LogP contribution in [0, 0.1) is 0 Å². The van der Waals surface area contributed by atoms with Gasteiger partial charge in [-0.3, -0.25) is 14.2 Å². The number of aliphatic hydroxyl groups is 1. The molecule has 3 rings (SSSR count). The fourth-order valence-electron chi connectivity index (χ4n) is 3.01. The first kappa shape index (κ1) is 17.6. The van der Waals surface area contributed by atoms with Gasteiger partial charge in [-0.1, -0.05) is 6.07 Å². The number of aromatic nitrogens is 2. The number of halogens is 3. The minimum atomic E-state index is -4.69. The van der Waals surface area contributed by atoms with E-state index < -0.39 is 41.4 Å². The molecule has 2 aromatic rings. The molecule has 25 heavy (non-hydrogen) atoms. The molecule has 1 fully saturated rings. The van der Waals surface area contributed by atoms with Gasteiger partial charge < -0.3 is 10.4 Å². The van der Waals surface area contributed by atoms with Crippen LogP contribution < -0.4 is 10.9 Å². The van der Waals surface area contributed by atoms with Crippen LogP contribution in [0.1, 0.15) is 18.4 Å². The number of aliphatic hydroxyl groups excluding tert-OH is 1. The van der Waals surface area contributed by atoms with Crippen LogP contribution in [0.5, 0.6) is 0 Å². The van der Waals surface area contributed by atoms with Crippen molar-refractivity contribution in [2.45, 2.75) is 37.7 Å². The lowest BCUT2D eigenvalue weighted by Crippen LogP contribution is -2.35. The molecule has 9 heteroatoms. The first-order valence-electron chi connectivity index (χ1n) is 7.76. The molecule has 6 nitrogen and oxygen atoms in total. The van der Waals surface area contributed by atoms with Gasteiger partial charge in [0, 0.05) is 12.5 Å². The summed E-state index contributed by atoms with van der Waals surface area (Å²) in [4.78, 5) is 28.4. The molecule has 2 heterocycles. The van der Waals surface area contributed by atoms with Gasteiger partial charge in [0.05, 0.1) is 35.4 Å². The van der Waals surface area contributed by atoms with Crippen molar-refractivity contribution in [3.63, 3.8) is 0 Å². The van der Waals surface area contributed by atoms with Gasteiger partial charge in [0.1, 0.15) is 0 Å². The van der Waals surface area contributed by atoms with E-state index in [1.54, 1.807) is 0 Å². The molecule has 1 saturated heterocycles. The first-order valence-corrected chi connectivity index (χ1v) is 7.76. The van der Waals surface area contributed by atoms with Crippen molar-refractivity contribution in [2.75, 3.05) is 6.54 Å². The Morgan fingerprint density at radius 2 is 2.16 bits per heavy atom. The first-order chi connectivity index (χ1) is 11.8. The Morgan fingerprint density at radius 1 is 1.40 bits per heavy atom. The third-order valence-corrected chi connectivity index (χ3v) is 4.26. The van der Waals surface area contributed by atoms with Gasteiger partial charge in [-0.05, 0) is 25.1 Å². The van der Waals surface area contributed by atoms with Crippen LogP contribution in [0.3, 0.4) is 0 Å². The molecular formula is C16H16F3N3O3. The van der Waals surface area contributed by atoms with Crippen LogP contribution in [-0.2, 0) is 17.5 Å². The Hall–Kier alpha value is -2.26. The zero-order valence-corrected chi connectivity index (χ0v) is 13.1. The monoisotopic (exact) mass is 355 g/mol. The van der Waals surface area contributed by atoms with E-state index in [2.05, 4.69) is 10.3 Å². The number of benzene rings is 1. The van der Waals surface area contributed by atoms with Crippen LogP contribution in [0.2, 0.25) is 0 Å². The van der Waals surface area contributed by atoms with Crippen molar-refractivity contribution >= 4 is 16.7 Å². The number of alkyl halides is 3. The summed E-state index contributed by atoms with van der Waals surface area (Å²) in [6.07, 6.45) is -3.74. The summed E-state index contributed by atoms with van der Waals surface area (Å²) in [6, 6.07) is 2.91. The fourth-order valence-corrected chi connectivity index (χ4v) is 3.01. The summed E-state index contributed by atoms with van der Waals surface area (Å²) in [5, 5.41) is 12.1. The van der Waals surface area contributed by atoms with Crippen LogP contribution in [0.4, 0.5) is 13.2 Å². The van der Waals surface area contributed by atoms with Crippen molar-refractivity contribution < 1.29 is 23.1 Å². The number of carbonyl (C=O) groups is 1. The van der Waals surface area contributed by atoms with E-state index in [-0.39, 0.29) is 17.7 Å². The molecule has 0 amide bonds. The van der Waals surface area contributed by atoms with Crippen molar-refractivity contribution in [3.8, 4) is 0 Å². The smallest absolute Gasteiger partial charge is 0.391 e. The second-order valence-electron chi connectivity index (χ2n) is 6.03. The molecule has 2 atom stereocenters. The molecule has 1 aromatic heterocycles. The number of fused-ring (bicyclic) bond motifs is 1. The third-order valence-electron chi connectivity index (χ3n) is 4.26. The van der Waals surface area contributed by atoms with Crippen LogP contribution in [-0.4, -0.2) is 39.1 Å². The zero-order chi connectivity index (χ0) is 18.2. The molecule has 134 valence electrons. The summed E-state index contributed by atoms with van der Waals surface area (Å²) < 4.78 is 40.3. The SMILES string of the molecule is O=C(CC1NCC[C@@H]1O)Cn1cnc2cccc(C(F)(F)F)c2c1=O. The van der Waals surface area contributed by atoms with E-state index in [9.17, 15) is 27.9 Å². The largest absolute Gasteiger partial charge is 0.417 e. The number of hydrogen-bond donors (Lipinski definition) is 2. The normalized spacial score (nSPS) is 21.0. The Bertz CT molecular complexity index is 863. The molecule has 1 aromatic carbocycles. The van der Waals surface area contributed by atoms with Crippen molar-refractivity contribution in [2.24, 2.45) is 0 Å². The molecule has 0 radical (unpaired) electrons. The van der Waals surface area contributed by atoms with Gasteiger partial charge in [-0.15, -0.1) is 0 Å². The lowest BCUT2D eigenvalue weighted by molar-refractivity contribution is -0.136. The fraction of sp³-hybridized carbons (Fsp3) is 0.438. The predicted octanol–water partition coefficient (Wildman–Crippen LogP) is 1.10. The highest BCUT2D eigenvalue weighted by Gasteiger charge is 2.34. The van der Waals surface area contributed by atoms with Gasteiger partial charge in [0.15, 0.2) is 5.78 Å². The van der Waals surface area contributed by atoms with Crippen LogP contribution >= 0.6 is 0 Å². The standard InChI is InChI=1S/C16H16F3N3O3/c17-16(18,19)10-2-1-3-11-14(10)15(25)22(8-21-11)7-9(23)6-12-13(24)4-5-20-12/h1-3,8,12-13,20,24H,4-7H2/t12?,13-/m0/s1. The highest BCUT2D eigenvalue weighted by Crippen LogP contribution is 2.32. The third kappa shape index (κ3) is 3.57. The number of rotatable bonds is 4. The van der Waals surface area contributed by atoms with Gasteiger partial charge in [0.2, 0.25) is 0 Å². The minimum absolute atomic E-state index is 0.00738. The lowest BCUT2D eigenvalue weighted by atomic mass is 10.1. The average molecular weight is 355 g/mol. The minimum Gasteiger partial charge on any atom is -0.391 e. The van der Waals surface area contributed by atoms with E-state index >= 15 is 0 Å². The second kappa shape index (κ2) is 6.57. The van der Waals surface area contributed by atoms with Gasteiger partial charge in [-0.2, -0.15) is 13.2 Å². The summed E-state index contributed by atoms with van der Waals surface area (Å²) in [7, 11) is 0. The predicted molar refractivity (Wildman–Crippen MR) is 83.0 cm³/mol. The maximum atomic E-state index is 13.1. The number of hydrogen-bond acceptors (Lipinski definition) is 5. The topological polar surface area (TPSA) is 84.2 Å². The molecular weight excluding hydrogens is 339 g/mol. The van der Waals surface area contributed by atoms with E-state index in [4.69, 9.17) is 0 Å². The molecule has 1 unspecified atom stereocenters. The Kier molecular flexibility index (Phi) is 4.61. The number of carbonyl (C=O) groups excluding carboxylic acids is 1. The summed E-state index contributed by atoms with van der Waals surface area (Å²) >= 11 is 0. The van der Waals surface area contributed by atoms with E-state index in [0.29, 0.717) is 13.0 Å². The number of nitrogens with one attached hydrogen (secondary N) is 1. The van der Waals surface area contributed by atoms with Gasteiger partial charge in [-0.25, -0.2) is 4.98 Å². The second-order valence-corrected chi connectivity index (χ2v) is 6.03. The maximum absolute atomic E-state index is 13.1. The summed E-state index contributed by atoms with van der Waals surface area (Å²) in [5.74, 6) is -0.369. The van der Waals surface area contributed by atoms with E-state index in [0.717, 1.165) is 17.0 Å². The van der Waals surface area contributed by atoms with Gasteiger partial charge >= 0.3 is 6.18 Å². The quantitative estimate of drug-likeness (QED) is 0.858. The van der Waals surface area contributed by atoms with Crippen LogP contribution in [0.15, 0.2) is 29.3 Å². The van der Waals surface area contributed by atoms with Crippen molar-refractivity contribution in [3.05, 3.63) is 40.4 Å². The Balaban J connectivity index is 1.91. The van der Waals surface area contributed by atoms with Crippen molar-refractivity contribution in [1.82, 2.24) is 14.9 Å². The van der Waals surface area contributed by atoms with Gasteiger partial charge in [0.25, 0.3) is 5.56 Å². The summed E-state index contributed by atoms with van der Waals surface area (Å²) in [5.41, 5.74) is -2.06. The zero-order valence-electron chi connectivity index (χ0n) is 13.1. The highest BCUT2D eigenvalue weighted by molar-refractivity contribution is 5.83. The molecule has 0 spiro atoms. The van der Waals surface area contributed by atoms with Crippen LogP contribution in [0.25, 0.3) is 10.9 Å². The highest BCUT2D eigenvalue weighted by atomic mass is 19.4. The average Bonchev–Trinajstić information content (AvgIpc) is 2.94. The maximum Gasteiger partial charge on any atom is 0.417 e. The number of Topliss-reactive ketones (excluding diaryl/α,β-unsaturated/α-hetero) is 1. The molecule has 1 aliphatic heterocycles. The molecule has 0 saturated carbocycles. The number of ketones is 1. The molecule has 0 bridgehead atoms. The molecule has 2 N–H and O–H groups in total. The summed E-state index contributed by atoms with van der Waals surface area (Å²) in [6.45, 7) is 0.199. The molecule has 1 aliphatic rings. The number of nitrogens with zero attached hydrogens (tertiary/aromatic N) is 2.